The van der Waals surface area contributed by atoms with E-state index in [4.69, 9.17) is 4.74 Å². The van der Waals surface area contributed by atoms with Crippen LogP contribution in [0, 0.1) is 0 Å². The molecule has 0 amide bonds. The van der Waals surface area contributed by atoms with Crippen LogP contribution in [0.5, 0.6) is 5.75 Å². The van der Waals surface area contributed by atoms with E-state index in [0.717, 1.165) is 10.2 Å². The van der Waals surface area contributed by atoms with E-state index >= 15 is 0 Å². The molecule has 21 heavy (non-hydrogen) atoms. The quantitative estimate of drug-likeness (QED) is 0.822. The molecule has 1 aliphatic rings. The van der Waals surface area contributed by atoms with Crippen molar-refractivity contribution in [2.24, 2.45) is 0 Å². The molecule has 4 nitrogen and oxygen atoms in total. The molecule has 1 aromatic carbocycles. The molecular weight excluding hydrogens is 332 g/mol. The highest BCUT2D eigenvalue weighted by atomic mass is 79.9. The minimum absolute atomic E-state index is 0.297. The number of halogens is 1. The summed E-state index contributed by atoms with van der Waals surface area (Å²) in [6.45, 7) is 5.27. The topological polar surface area (TPSA) is 44.7 Å². The molecule has 0 aromatic heterocycles. The van der Waals surface area contributed by atoms with Crippen molar-refractivity contribution >= 4 is 15.9 Å². The van der Waals surface area contributed by atoms with Crippen molar-refractivity contribution in [3.05, 3.63) is 28.7 Å². The van der Waals surface area contributed by atoms with E-state index in [1.165, 1.54) is 19.3 Å². The number of hydrogen-bond donors (Lipinski definition) is 2. The minimum Gasteiger partial charge on any atom is -0.491 e. The number of hydrazine groups is 1. The number of aliphatic hydroxyl groups excluding tert-OH is 1. The van der Waals surface area contributed by atoms with E-state index in [1.54, 1.807) is 0 Å². The Hall–Kier alpha value is -0.620. The number of nitrogens with one attached hydrogen (secondary N) is 1. The summed E-state index contributed by atoms with van der Waals surface area (Å²) in [5, 5.41) is 12.3. The number of nitrogens with zero attached hydrogens (tertiary/aromatic N) is 1. The fraction of sp³-hybridized carbons (Fsp3) is 0.625. The molecule has 0 saturated carbocycles. The Morgan fingerprint density at radius 3 is 2.52 bits per heavy atom. The molecule has 0 radical (unpaired) electrons. The predicted molar refractivity (Wildman–Crippen MR) is 88.3 cm³/mol. The highest BCUT2D eigenvalue weighted by Crippen LogP contribution is 2.20. The number of aliphatic hydroxyl groups is 1. The van der Waals surface area contributed by atoms with Crippen LogP contribution in [0.15, 0.2) is 28.7 Å². The summed E-state index contributed by atoms with van der Waals surface area (Å²) in [6, 6.07) is 8.67. The molecule has 2 rings (SSSR count). The first-order chi connectivity index (χ1) is 10.1. The van der Waals surface area contributed by atoms with Gasteiger partial charge in [0.1, 0.15) is 18.5 Å². The zero-order valence-corrected chi connectivity index (χ0v) is 14.3. The van der Waals surface area contributed by atoms with Crippen molar-refractivity contribution in [1.29, 1.82) is 0 Å². The SMILES string of the molecule is CC1CCCC(C)N1NCC(O)COc1ccc(Br)cc1. The van der Waals surface area contributed by atoms with Crippen LogP contribution in [0.1, 0.15) is 33.1 Å². The Labute approximate surface area is 135 Å². The van der Waals surface area contributed by atoms with Crippen molar-refractivity contribution in [3.8, 4) is 5.75 Å². The van der Waals surface area contributed by atoms with Crippen molar-refractivity contribution < 1.29 is 9.84 Å². The smallest absolute Gasteiger partial charge is 0.119 e. The van der Waals surface area contributed by atoms with Gasteiger partial charge in [-0.2, -0.15) is 0 Å². The van der Waals surface area contributed by atoms with Crippen molar-refractivity contribution in [2.75, 3.05) is 13.2 Å². The van der Waals surface area contributed by atoms with Crippen LogP contribution in [-0.2, 0) is 0 Å². The van der Waals surface area contributed by atoms with Crippen molar-refractivity contribution in [3.63, 3.8) is 0 Å². The molecule has 1 aromatic rings. The van der Waals surface area contributed by atoms with Gasteiger partial charge in [0.25, 0.3) is 0 Å². The second-order valence-electron chi connectivity index (χ2n) is 5.82. The second kappa shape index (κ2) is 8.13. The molecule has 0 aliphatic carbocycles. The van der Waals surface area contributed by atoms with Gasteiger partial charge in [-0.1, -0.05) is 22.4 Å². The molecule has 2 N–H and O–H groups in total. The maximum absolute atomic E-state index is 10.0. The van der Waals surface area contributed by atoms with Gasteiger partial charge >= 0.3 is 0 Å². The van der Waals surface area contributed by atoms with E-state index in [0.29, 0.717) is 25.2 Å². The van der Waals surface area contributed by atoms with Gasteiger partial charge in [0, 0.05) is 23.1 Å². The molecule has 0 bridgehead atoms. The van der Waals surface area contributed by atoms with Crippen molar-refractivity contribution in [1.82, 2.24) is 10.4 Å². The van der Waals surface area contributed by atoms with Crippen LogP contribution >= 0.6 is 15.9 Å². The average molecular weight is 357 g/mol. The van der Waals surface area contributed by atoms with Crippen molar-refractivity contribution in [2.45, 2.75) is 51.3 Å². The summed E-state index contributed by atoms with van der Waals surface area (Å²) < 4.78 is 6.61. The Kier molecular flexibility index (Phi) is 6.48. The van der Waals surface area contributed by atoms with Crippen LogP contribution in [0.4, 0.5) is 0 Å². The predicted octanol–water partition coefficient (Wildman–Crippen LogP) is 2.96. The van der Waals surface area contributed by atoms with Crippen LogP contribution in [0.2, 0.25) is 0 Å². The summed E-state index contributed by atoms with van der Waals surface area (Å²) in [5.74, 6) is 0.775. The Morgan fingerprint density at radius 2 is 1.90 bits per heavy atom. The van der Waals surface area contributed by atoms with Gasteiger partial charge in [-0.05, 0) is 51.0 Å². The lowest BCUT2D eigenvalue weighted by atomic mass is 10.00. The van der Waals surface area contributed by atoms with Gasteiger partial charge in [-0.15, -0.1) is 0 Å². The Bertz CT molecular complexity index is 417. The van der Waals surface area contributed by atoms with Crippen LogP contribution in [0.3, 0.4) is 0 Å². The van der Waals surface area contributed by atoms with E-state index in [1.807, 2.05) is 24.3 Å². The molecule has 0 spiro atoms. The van der Waals surface area contributed by atoms with E-state index in [-0.39, 0.29) is 0 Å². The maximum Gasteiger partial charge on any atom is 0.119 e. The molecule has 3 unspecified atom stereocenters. The monoisotopic (exact) mass is 356 g/mol. The van der Waals surface area contributed by atoms with Crippen LogP contribution in [0.25, 0.3) is 0 Å². The molecule has 1 aliphatic heterocycles. The average Bonchev–Trinajstić information content (AvgIpc) is 2.46. The van der Waals surface area contributed by atoms with Gasteiger partial charge in [0.05, 0.1) is 0 Å². The third kappa shape index (κ3) is 5.25. The molecule has 5 heteroatoms. The molecule has 3 atom stereocenters. The third-order valence-corrected chi connectivity index (χ3v) is 4.49. The fourth-order valence-electron chi connectivity index (χ4n) is 2.73. The van der Waals surface area contributed by atoms with Crippen LogP contribution < -0.4 is 10.2 Å². The van der Waals surface area contributed by atoms with Gasteiger partial charge in [0.2, 0.25) is 0 Å². The molecule has 1 saturated heterocycles. The summed E-state index contributed by atoms with van der Waals surface area (Å²) in [4.78, 5) is 0. The van der Waals surface area contributed by atoms with Gasteiger partial charge in [-0.3, -0.25) is 5.43 Å². The summed E-state index contributed by atoms with van der Waals surface area (Å²) in [7, 11) is 0. The first-order valence-electron chi connectivity index (χ1n) is 7.64. The van der Waals surface area contributed by atoms with Gasteiger partial charge < -0.3 is 9.84 Å². The maximum atomic E-state index is 10.0. The van der Waals surface area contributed by atoms with Crippen LogP contribution in [-0.4, -0.2) is 41.5 Å². The van der Waals surface area contributed by atoms with Gasteiger partial charge in [0.15, 0.2) is 0 Å². The molecule has 118 valence electrons. The summed E-state index contributed by atoms with van der Waals surface area (Å²) in [5.41, 5.74) is 3.36. The second-order valence-corrected chi connectivity index (χ2v) is 6.73. The molecular formula is C16H25BrN2O2. The number of ether oxygens (including phenoxy) is 1. The number of piperidine rings is 1. The lowest BCUT2D eigenvalue weighted by Crippen LogP contribution is -2.54. The zero-order chi connectivity index (χ0) is 15.2. The third-order valence-electron chi connectivity index (χ3n) is 3.96. The largest absolute Gasteiger partial charge is 0.491 e. The Balaban J connectivity index is 1.71. The molecule has 1 fully saturated rings. The molecule has 1 heterocycles. The fourth-order valence-corrected chi connectivity index (χ4v) is 2.99. The first kappa shape index (κ1) is 16.7. The normalized spacial score (nSPS) is 24.8. The lowest BCUT2D eigenvalue weighted by Gasteiger charge is -2.39. The number of rotatable bonds is 6. The number of hydrogen-bond acceptors (Lipinski definition) is 4. The standard InChI is InChI=1S/C16H25BrN2O2/c1-12-4-3-5-13(2)19(12)18-10-15(20)11-21-16-8-6-14(17)7-9-16/h6-9,12-13,15,18,20H,3-5,10-11H2,1-2H3. The lowest BCUT2D eigenvalue weighted by molar-refractivity contribution is 0.0171. The van der Waals surface area contributed by atoms with E-state index < -0.39 is 6.10 Å². The van der Waals surface area contributed by atoms with E-state index in [2.05, 4.69) is 40.2 Å². The highest BCUT2D eigenvalue weighted by Gasteiger charge is 2.24. The Morgan fingerprint density at radius 1 is 1.29 bits per heavy atom. The zero-order valence-electron chi connectivity index (χ0n) is 12.8. The minimum atomic E-state index is -0.519. The number of benzene rings is 1. The van der Waals surface area contributed by atoms with Gasteiger partial charge in [-0.25, -0.2) is 5.01 Å². The first-order valence-corrected chi connectivity index (χ1v) is 8.44. The highest BCUT2D eigenvalue weighted by molar-refractivity contribution is 9.10. The summed E-state index contributed by atoms with van der Waals surface area (Å²) >= 11 is 3.39. The van der Waals surface area contributed by atoms with E-state index in [9.17, 15) is 5.11 Å². The summed E-state index contributed by atoms with van der Waals surface area (Å²) in [6.07, 6.45) is 3.19.